The second-order valence-electron chi connectivity index (χ2n) is 13.8. The second-order valence-corrected chi connectivity index (χ2v) is 13.8. The largest absolute Gasteiger partial charge is 0.508 e. The molecular formula is C42H42N6O4. The first-order valence-electron chi connectivity index (χ1n) is 17.7. The van der Waals surface area contributed by atoms with Crippen LogP contribution in [0, 0.1) is 6.92 Å². The molecule has 1 N–H and O–H groups in total. The third-order valence-electron chi connectivity index (χ3n) is 10.6. The van der Waals surface area contributed by atoms with E-state index in [9.17, 15) is 14.7 Å². The number of benzene rings is 3. The van der Waals surface area contributed by atoms with Crippen LogP contribution >= 0.6 is 0 Å². The first-order chi connectivity index (χ1) is 25.3. The number of fused-ring (bicyclic) bond motifs is 2. The van der Waals surface area contributed by atoms with Crippen molar-refractivity contribution in [3.8, 4) is 17.0 Å². The molecule has 5 heterocycles. The maximum atomic E-state index is 14.8. The molecule has 2 aliphatic heterocycles. The molecule has 0 unspecified atom stereocenters. The number of anilines is 2. The number of carbonyl (C=O) groups excluding carboxylic acids is 2. The van der Waals surface area contributed by atoms with Gasteiger partial charge in [0.05, 0.1) is 30.7 Å². The van der Waals surface area contributed by atoms with E-state index in [1.165, 1.54) is 11.1 Å². The molecule has 10 heteroatoms. The van der Waals surface area contributed by atoms with Crippen LogP contribution in [0.5, 0.6) is 5.75 Å². The molecule has 2 amide bonds. The van der Waals surface area contributed by atoms with Gasteiger partial charge in [-0.05, 0) is 73.0 Å². The molecule has 1 atom stereocenters. The minimum Gasteiger partial charge on any atom is -0.508 e. The fourth-order valence-corrected chi connectivity index (χ4v) is 7.66. The molecule has 3 aromatic heterocycles. The van der Waals surface area contributed by atoms with Gasteiger partial charge in [0.25, 0.3) is 11.8 Å². The summed E-state index contributed by atoms with van der Waals surface area (Å²) in [4.78, 5) is 40.2. The first kappa shape index (κ1) is 33.4. The Morgan fingerprint density at radius 1 is 0.885 bits per heavy atom. The molecule has 0 spiro atoms. The molecule has 264 valence electrons. The van der Waals surface area contributed by atoms with Crippen LogP contribution in [0.4, 0.5) is 11.4 Å². The summed E-state index contributed by atoms with van der Waals surface area (Å²) in [6, 6.07) is 28.5. The van der Waals surface area contributed by atoms with Crippen molar-refractivity contribution >= 4 is 34.2 Å². The predicted octanol–water partition coefficient (Wildman–Crippen LogP) is 6.47. The average Bonchev–Trinajstić information content (AvgIpc) is 3.69. The van der Waals surface area contributed by atoms with Crippen molar-refractivity contribution in [2.75, 3.05) is 37.7 Å². The number of pyridine rings is 1. The minimum atomic E-state index is -0.246. The van der Waals surface area contributed by atoms with Gasteiger partial charge in [-0.15, -0.1) is 0 Å². The Morgan fingerprint density at radius 2 is 1.62 bits per heavy atom. The van der Waals surface area contributed by atoms with Gasteiger partial charge in [0.2, 0.25) is 0 Å². The summed E-state index contributed by atoms with van der Waals surface area (Å²) in [7, 11) is 3.87. The number of nitrogens with zero attached hydrogens (tertiary/aromatic N) is 6. The third kappa shape index (κ3) is 6.14. The molecule has 6 aromatic rings. The number of aryl methyl sites for hydroxylation is 1. The molecule has 0 aliphatic carbocycles. The Balaban J connectivity index is 1.17. The molecule has 8 rings (SSSR count). The number of ether oxygens (including phenoxy) is 1. The zero-order valence-corrected chi connectivity index (χ0v) is 29.7. The second kappa shape index (κ2) is 13.8. The summed E-state index contributed by atoms with van der Waals surface area (Å²) in [6.45, 7) is 6.36. The van der Waals surface area contributed by atoms with Crippen molar-refractivity contribution in [3.63, 3.8) is 0 Å². The minimum absolute atomic E-state index is 0.00951. The molecular weight excluding hydrogens is 652 g/mol. The Morgan fingerprint density at radius 3 is 2.40 bits per heavy atom. The van der Waals surface area contributed by atoms with Crippen LogP contribution in [-0.2, 0) is 31.8 Å². The Bertz CT molecular complexity index is 2280. The van der Waals surface area contributed by atoms with E-state index in [0.29, 0.717) is 42.3 Å². The Hall–Kier alpha value is -5.71. The molecule has 0 radical (unpaired) electrons. The van der Waals surface area contributed by atoms with E-state index in [2.05, 4.69) is 28.1 Å². The van der Waals surface area contributed by atoms with Gasteiger partial charge >= 0.3 is 0 Å². The lowest BCUT2D eigenvalue weighted by Gasteiger charge is -2.40. The topological polar surface area (TPSA) is 96.1 Å². The number of rotatable bonds is 7. The smallest absolute Gasteiger partial charge is 0.264 e. The number of morpholine rings is 1. The van der Waals surface area contributed by atoms with E-state index in [1.807, 2.05) is 89.8 Å². The van der Waals surface area contributed by atoms with E-state index in [-0.39, 0.29) is 23.6 Å². The molecule has 1 saturated heterocycles. The summed E-state index contributed by atoms with van der Waals surface area (Å²) in [5.74, 6) is -0.163. The molecule has 0 saturated carbocycles. The Labute approximate surface area is 303 Å². The van der Waals surface area contributed by atoms with Gasteiger partial charge in [-0.25, -0.2) is 4.98 Å². The number of hydrogen-bond donors (Lipinski definition) is 1. The molecule has 3 aromatic carbocycles. The lowest BCUT2D eigenvalue weighted by atomic mass is 9.92. The Kier molecular flexibility index (Phi) is 8.86. The van der Waals surface area contributed by atoms with Gasteiger partial charge in [-0.2, -0.15) is 0 Å². The van der Waals surface area contributed by atoms with Crippen molar-refractivity contribution in [2.45, 2.75) is 25.9 Å². The maximum absolute atomic E-state index is 14.8. The van der Waals surface area contributed by atoms with Crippen LogP contribution in [0.15, 0.2) is 103 Å². The highest BCUT2D eigenvalue weighted by atomic mass is 16.5. The first-order valence-corrected chi connectivity index (χ1v) is 17.7. The summed E-state index contributed by atoms with van der Waals surface area (Å²) >= 11 is 0. The number of phenols is 1. The average molecular weight is 695 g/mol. The van der Waals surface area contributed by atoms with Crippen molar-refractivity contribution in [1.82, 2.24) is 23.9 Å². The highest BCUT2D eigenvalue weighted by molar-refractivity contribution is 6.13. The third-order valence-corrected chi connectivity index (χ3v) is 10.6. The van der Waals surface area contributed by atoms with Gasteiger partial charge in [0.1, 0.15) is 11.4 Å². The van der Waals surface area contributed by atoms with Crippen LogP contribution in [0.25, 0.3) is 22.3 Å². The molecule has 52 heavy (non-hydrogen) atoms. The zero-order valence-electron chi connectivity index (χ0n) is 29.7. The summed E-state index contributed by atoms with van der Waals surface area (Å²) in [5.41, 5.74) is 7.87. The standard InChI is InChI=1S/C42H42N6O4/c1-28-38(42(51)48(32-12-14-35(49)15-13-32)33-23-30-16-17-44(2)40(30)43-25-33)24-39(45(28)3)36-10-6-7-11-37(36)41(50)47-26-31-9-5-4-8-29(31)22-34(47)27-46-18-20-52-21-19-46/h4-17,23-25,34,49H,18-22,26-27H2,1-3H3/t34-/m0/s1. The van der Waals surface area contributed by atoms with E-state index < -0.39 is 0 Å². The zero-order chi connectivity index (χ0) is 35.9. The quantitative estimate of drug-likeness (QED) is 0.206. The predicted molar refractivity (Wildman–Crippen MR) is 202 cm³/mol. The number of amides is 2. The van der Waals surface area contributed by atoms with Gasteiger partial charge in [-0.1, -0.05) is 42.5 Å². The van der Waals surface area contributed by atoms with Gasteiger partial charge in [0.15, 0.2) is 0 Å². The fraction of sp³-hybridized carbons (Fsp3) is 0.262. The van der Waals surface area contributed by atoms with Gasteiger partial charge in [0, 0.05) is 86.1 Å². The SMILES string of the molecule is Cc1c(C(=O)N(c2ccc(O)cc2)c2cnc3c(ccn3C)c2)cc(-c2ccccc2C(=O)N2Cc3ccccc3C[C@H]2CN2CCOCC2)n1C. The summed E-state index contributed by atoms with van der Waals surface area (Å²) < 4.78 is 9.54. The van der Waals surface area contributed by atoms with Crippen LogP contribution in [0.1, 0.15) is 37.5 Å². The van der Waals surface area contributed by atoms with Gasteiger partial charge in [-0.3, -0.25) is 19.4 Å². The van der Waals surface area contributed by atoms with Crippen molar-refractivity contribution in [2.24, 2.45) is 14.1 Å². The summed E-state index contributed by atoms with van der Waals surface area (Å²) in [5, 5.41) is 11.0. The molecule has 10 nitrogen and oxygen atoms in total. The molecule has 0 bridgehead atoms. The van der Waals surface area contributed by atoms with E-state index in [4.69, 9.17) is 4.74 Å². The van der Waals surface area contributed by atoms with Crippen molar-refractivity contribution in [3.05, 3.63) is 131 Å². The van der Waals surface area contributed by atoms with Crippen LogP contribution < -0.4 is 4.90 Å². The highest BCUT2D eigenvalue weighted by Gasteiger charge is 2.34. The van der Waals surface area contributed by atoms with E-state index >= 15 is 0 Å². The normalized spacial score (nSPS) is 16.2. The lowest BCUT2D eigenvalue weighted by Crippen LogP contribution is -2.52. The highest BCUT2D eigenvalue weighted by Crippen LogP contribution is 2.35. The lowest BCUT2D eigenvalue weighted by molar-refractivity contribution is 0.0193. The number of aromatic nitrogens is 3. The molecule has 2 aliphatic rings. The van der Waals surface area contributed by atoms with Crippen LogP contribution in [0.2, 0.25) is 0 Å². The number of carbonyl (C=O) groups is 2. The van der Waals surface area contributed by atoms with E-state index in [1.54, 1.807) is 35.4 Å². The number of phenolic OH excluding ortho intramolecular Hbond substituents is 1. The monoisotopic (exact) mass is 694 g/mol. The van der Waals surface area contributed by atoms with Crippen LogP contribution in [0.3, 0.4) is 0 Å². The van der Waals surface area contributed by atoms with Crippen LogP contribution in [-0.4, -0.2) is 79.7 Å². The number of hydrogen-bond acceptors (Lipinski definition) is 6. The fourth-order valence-electron chi connectivity index (χ4n) is 7.66. The molecule has 1 fully saturated rings. The van der Waals surface area contributed by atoms with E-state index in [0.717, 1.165) is 54.0 Å². The summed E-state index contributed by atoms with van der Waals surface area (Å²) in [6.07, 6.45) is 4.43. The van der Waals surface area contributed by atoms with Crippen molar-refractivity contribution < 1.29 is 19.4 Å². The van der Waals surface area contributed by atoms with Crippen molar-refractivity contribution in [1.29, 1.82) is 0 Å². The maximum Gasteiger partial charge on any atom is 0.264 e. The van der Waals surface area contributed by atoms with Gasteiger partial charge < -0.3 is 23.9 Å². The number of aromatic hydroxyl groups is 1.